The Morgan fingerprint density at radius 1 is 0.970 bits per heavy atom. The standard InChI is InChI=1S/C26H27BrN2O3S/c1-2-16-32-24-15-10-20(27)18-23(24)25(30)29-26(33)28-21-11-13-22(14-12-21)31-17-6-9-19-7-4-3-5-8-19/h3-5,7-8,10-15,18H,2,6,9,16-17H2,1H3,(H2,28,29,30,33). The van der Waals surface area contributed by atoms with Crippen LogP contribution in [0.3, 0.4) is 0 Å². The Bertz CT molecular complexity index is 1060. The number of hydrogen-bond acceptors (Lipinski definition) is 4. The zero-order chi connectivity index (χ0) is 23.5. The lowest BCUT2D eigenvalue weighted by Gasteiger charge is -2.13. The molecule has 0 radical (unpaired) electrons. The van der Waals surface area contributed by atoms with Crippen molar-refractivity contribution < 1.29 is 14.3 Å². The van der Waals surface area contributed by atoms with E-state index < -0.39 is 0 Å². The maximum absolute atomic E-state index is 12.7. The van der Waals surface area contributed by atoms with Gasteiger partial charge >= 0.3 is 0 Å². The van der Waals surface area contributed by atoms with Crippen LogP contribution in [0.15, 0.2) is 77.3 Å². The van der Waals surface area contributed by atoms with Crippen LogP contribution in [0.2, 0.25) is 0 Å². The Labute approximate surface area is 208 Å². The second-order valence-electron chi connectivity index (χ2n) is 7.36. The quantitative estimate of drug-likeness (QED) is 0.237. The van der Waals surface area contributed by atoms with Crippen molar-refractivity contribution in [2.75, 3.05) is 18.5 Å². The van der Waals surface area contributed by atoms with Gasteiger partial charge in [-0.15, -0.1) is 0 Å². The molecule has 3 aromatic carbocycles. The van der Waals surface area contributed by atoms with Crippen LogP contribution in [0, 0.1) is 0 Å². The number of carbonyl (C=O) groups is 1. The first-order chi connectivity index (χ1) is 16.0. The van der Waals surface area contributed by atoms with Crippen LogP contribution >= 0.6 is 28.1 Å². The largest absolute Gasteiger partial charge is 0.494 e. The summed E-state index contributed by atoms with van der Waals surface area (Å²) in [4.78, 5) is 12.7. The summed E-state index contributed by atoms with van der Waals surface area (Å²) in [5.41, 5.74) is 2.48. The molecule has 0 saturated carbocycles. The Morgan fingerprint density at radius 2 is 1.73 bits per heavy atom. The third-order valence-corrected chi connectivity index (χ3v) is 5.41. The highest BCUT2D eigenvalue weighted by atomic mass is 79.9. The highest BCUT2D eigenvalue weighted by Gasteiger charge is 2.15. The topological polar surface area (TPSA) is 59.6 Å². The molecule has 0 heterocycles. The van der Waals surface area contributed by atoms with E-state index in [1.54, 1.807) is 12.1 Å². The zero-order valence-corrected chi connectivity index (χ0v) is 20.9. The molecule has 0 aliphatic carbocycles. The first kappa shape index (κ1) is 24.7. The average molecular weight is 527 g/mol. The summed E-state index contributed by atoms with van der Waals surface area (Å²) in [7, 11) is 0. The number of carbonyl (C=O) groups excluding carboxylic acids is 1. The molecular formula is C26H27BrN2O3S. The van der Waals surface area contributed by atoms with Crippen molar-refractivity contribution in [3.8, 4) is 11.5 Å². The molecule has 33 heavy (non-hydrogen) atoms. The van der Waals surface area contributed by atoms with Gasteiger partial charge in [0.15, 0.2) is 5.11 Å². The lowest BCUT2D eigenvalue weighted by atomic mass is 10.1. The summed E-state index contributed by atoms with van der Waals surface area (Å²) < 4.78 is 12.3. The molecule has 172 valence electrons. The second-order valence-corrected chi connectivity index (χ2v) is 8.68. The van der Waals surface area contributed by atoms with Crippen molar-refractivity contribution >= 4 is 44.9 Å². The van der Waals surface area contributed by atoms with Crippen LogP contribution in [0.25, 0.3) is 0 Å². The molecule has 2 N–H and O–H groups in total. The minimum Gasteiger partial charge on any atom is -0.494 e. The molecule has 0 fully saturated rings. The number of hydrogen-bond donors (Lipinski definition) is 2. The molecule has 0 atom stereocenters. The fraction of sp³-hybridized carbons (Fsp3) is 0.231. The minimum atomic E-state index is -0.335. The number of thiocarbonyl (C=S) groups is 1. The van der Waals surface area contributed by atoms with Crippen LogP contribution in [-0.4, -0.2) is 24.2 Å². The lowest BCUT2D eigenvalue weighted by Crippen LogP contribution is -2.34. The summed E-state index contributed by atoms with van der Waals surface area (Å²) in [6, 6.07) is 23.2. The van der Waals surface area contributed by atoms with Gasteiger partial charge in [-0.1, -0.05) is 53.2 Å². The highest BCUT2D eigenvalue weighted by Crippen LogP contribution is 2.23. The average Bonchev–Trinajstić information content (AvgIpc) is 2.82. The zero-order valence-electron chi connectivity index (χ0n) is 18.5. The molecule has 3 rings (SSSR count). The van der Waals surface area contributed by atoms with Gasteiger partial charge in [0.1, 0.15) is 11.5 Å². The van der Waals surface area contributed by atoms with Gasteiger partial charge in [-0.05, 0) is 79.5 Å². The monoisotopic (exact) mass is 526 g/mol. The Kier molecular flexibility index (Phi) is 9.72. The molecule has 1 amide bonds. The van der Waals surface area contributed by atoms with Crippen molar-refractivity contribution in [3.63, 3.8) is 0 Å². The number of anilines is 1. The smallest absolute Gasteiger partial charge is 0.261 e. The fourth-order valence-corrected chi connectivity index (χ4v) is 3.67. The van der Waals surface area contributed by atoms with Gasteiger partial charge in [-0.2, -0.15) is 0 Å². The third-order valence-electron chi connectivity index (χ3n) is 4.71. The van der Waals surface area contributed by atoms with Gasteiger partial charge in [0.05, 0.1) is 18.8 Å². The van der Waals surface area contributed by atoms with Crippen LogP contribution in [0.4, 0.5) is 5.69 Å². The van der Waals surface area contributed by atoms with Gasteiger partial charge in [-0.25, -0.2) is 0 Å². The predicted molar refractivity (Wildman–Crippen MR) is 140 cm³/mol. The maximum Gasteiger partial charge on any atom is 0.261 e. The number of ether oxygens (including phenoxy) is 2. The fourth-order valence-electron chi connectivity index (χ4n) is 3.10. The first-order valence-electron chi connectivity index (χ1n) is 10.9. The number of aryl methyl sites for hydroxylation is 1. The van der Waals surface area contributed by atoms with Crippen molar-refractivity contribution in [2.45, 2.75) is 26.2 Å². The second kappa shape index (κ2) is 13.0. The molecule has 0 aliphatic rings. The van der Waals surface area contributed by atoms with Crippen LogP contribution < -0.4 is 20.1 Å². The van der Waals surface area contributed by atoms with E-state index in [1.165, 1.54) is 5.56 Å². The van der Waals surface area contributed by atoms with E-state index in [1.807, 2.05) is 55.5 Å². The van der Waals surface area contributed by atoms with Gasteiger partial charge in [-0.3, -0.25) is 10.1 Å². The predicted octanol–water partition coefficient (Wildman–Crippen LogP) is 6.38. The summed E-state index contributed by atoms with van der Waals surface area (Å²) in [6.07, 6.45) is 2.78. The van der Waals surface area contributed by atoms with Crippen molar-refractivity contribution in [3.05, 3.63) is 88.4 Å². The van der Waals surface area contributed by atoms with Crippen molar-refractivity contribution in [2.24, 2.45) is 0 Å². The van der Waals surface area contributed by atoms with Crippen LogP contribution in [0.1, 0.15) is 35.7 Å². The number of halogens is 1. The van der Waals surface area contributed by atoms with E-state index in [-0.39, 0.29) is 11.0 Å². The normalized spacial score (nSPS) is 10.4. The Balaban J connectivity index is 1.47. The molecule has 7 heteroatoms. The van der Waals surface area contributed by atoms with Gasteiger partial charge in [0.2, 0.25) is 0 Å². The van der Waals surface area contributed by atoms with Gasteiger partial charge in [0, 0.05) is 10.2 Å². The SMILES string of the molecule is CCCOc1ccc(Br)cc1C(=O)NC(=S)Nc1ccc(OCCCc2ccccc2)cc1. The summed E-state index contributed by atoms with van der Waals surface area (Å²) in [6.45, 7) is 3.19. The Morgan fingerprint density at radius 3 is 2.45 bits per heavy atom. The maximum atomic E-state index is 12.7. The molecule has 0 unspecified atom stereocenters. The molecule has 0 aliphatic heterocycles. The molecule has 3 aromatic rings. The third kappa shape index (κ3) is 8.18. The first-order valence-corrected chi connectivity index (χ1v) is 12.1. The Hall–Kier alpha value is -2.90. The van der Waals surface area contributed by atoms with Crippen LogP contribution in [0.5, 0.6) is 11.5 Å². The lowest BCUT2D eigenvalue weighted by molar-refractivity contribution is 0.0973. The molecule has 0 bridgehead atoms. The van der Waals surface area contributed by atoms with Crippen LogP contribution in [-0.2, 0) is 6.42 Å². The number of benzene rings is 3. The van der Waals surface area contributed by atoms with Gasteiger partial charge in [0.25, 0.3) is 5.91 Å². The molecule has 0 spiro atoms. The molecule has 0 saturated heterocycles. The molecule has 0 aromatic heterocycles. The number of nitrogens with one attached hydrogen (secondary N) is 2. The summed E-state index contributed by atoms with van der Waals surface area (Å²) in [5, 5.41) is 5.94. The summed E-state index contributed by atoms with van der Waals surface area (Å²) in [5.74, 6) is 0.975. The van der Waals surface area contributed by atoms with E-state index in [2.05, 4.69) is 38.7 Å². The number of rotatable bonds is 10. The molecule has 5 nitrogen and oxygen atoms in total. The van der Waals surface area contributed by atoms with E-state index in [0.717, 1.165) is 35.2 Å². The molecular weight excluding hydrogens is 500 g/mol. The van der Waals surface area contributed by atoms with Crippen molar-refractivity contribution in [1.29, 1.82) is 0 Å². The number of amides is 1. The highest BCUT2D eigenvalue weighted by molar-refractivity contribution is 9.10. The van der Waals surface area contributed by atoms with Gasteiger partial charge < -0.3 is 14.8 Å². The summed E-state index contributed by atoms with van der Waals surface area (Å²) >= 11 is 8.71. The van der Waals surface area contributed by atoms with E-state index in [0.29, 0.717) is 24.5 Å². The van der Waals surface area contributed by atoms with Crippen molar-refractivity contribution in [1.82, 2.24) is 5.32 Å². The van der Waals surface area contributed by atoms with E-state index >= 15 is 0 Å². The minimum absolute atomic E-state index is 0.206. The van der Waals surface area contributed by atoms with E-state index in [9.17, 15) is 4.79 Å². The van der Waals surface area contributed by atoms with E-state index in [4.69, 9.17) is 21.7 Å².